The summed E-state index contributed by atoms with van der Waals surface area (Å²) >= 11 is 0. The van der Waals surface area contributed by atoms with E-state index in [0.717, 1.165) is 22.0 Å². The third-order valence-corrected chi connectivity index (χ3v) is 4.08. The lowest BCUT2D eigenvalue weighted by molar-refractivity contribution is 0.102. The van der Waals surface area contributed by atoms with Crippen LogP contribution in [-0.4, -0.2) is 25.7 Å². The van der Waals surface area contributed by atoms with Crippen LogP contribution >= 0.6 is 0 Å². The molecule has 0 bridgehead atoms. The van der Waals surface area contributed by atoms with E-state index in [1.807, 2.05) is 54.9 Å². The SMILES string of the molecule is Cc1cccc2c3nnc(NC(=O)c4ccccc4)nc3n(C)c12. The molecule has 0 saturated carbocycles. The van der Waals surface area contributed by atoms with Gasteiger partial charge in [-0.3, -0.25) is 10.1 Å². The van der Waals surface area contributed by atoms with Gasteiger partial charge >= 0.3 is 0 Å². The van der Waals surface area contributed by atoms with Crippen molar-refractivity contribution in [2.24, 2.45) is 7.05 Å². The molecule has 0 spiro atoms. The molecule has 0 atom stereocenters. The number of benzene rings is 2. The first kappa shape index (κ1) is 14.3. The Labute approximate surface area is 138 Å². The second-order valence-electron chi connectivity index (χ2n) is 5.66. The zero-order valence-electron chi connectivity index (χ0n) is 13.3. The molecule has 0 radical (unpaired) electrons. The fourth-order valence-electron chi connectivity index (χ4n) is 2.94. The van der Waals surface area contributed by atoms with Gasteiger partial charge in [0.05, 0.1) is 5.52 Å². The van der Waals surface area contributed by atoms with Gasteiger partial charge in [0.25, 0.3) is 11.9 Å². The minimum Gasteiger partial charge on any atom is -0.327 e. The van der Waals surface area contributed by atoms with Crippen LogP contribution in [0.15, 0.2) is 48.5 Å². The van der Waals surface area contributed by atoms with E-state index >= 15 is 0 Å². The van der Waals surface area contributed by atoms with Crippen LogP contribution in [0.3, 0.4) is 0 Å². The lowest BCUT2D eigenvalue weighted by atomic mass is 10.1. The maximum Gasteiger partial charge on any atom is 0.258 e. The Morgan fingerprint density at radius 3 is 2.62 bits per heavy atom. The van der Waals surface area contributed by atoms with Gasteiger partial charge in [0.2, 0.25) is 0 Å². The van der Waals surface area contributed by atoms with Crippen molar-refractivity contribution in [3.63, 3.8) is 0 Å². The normalized spacial score (nSPS) is 11.1. The molecule has 0 fully saturated rings. The van der Waals surface area contributed by atoms with Crippen molar-refractivity contribution in [1.82, 2.24) is 19.7 Å². The van der Waals surface area contributed by atoms with E-state index in [9.17, 15) is 4.79 Å². The van der Waals surface area contributed by atoms with Gasteiger partial charge in [-0.1, -0.05) is 36.4 Å². The van der Waals surface area contributed by atoms with Crippen LogP contribution in [0.25, 0.3) is 22.1 Å². The Bertz CT molecular complexity index is 1070. The van der Waals surface area contributed by atoms with Gasteiger partial charge in [0, 0.05) is 18.0 Å². The minimum absolute atomic E-state index is 0.194. The van der Waals surface area contributed by atoms with Crippen LogP contribution in [0, 0.1) is 6.92 Å². The number of nitrogens with one attached hydrogen (secondary N) is 1. The van der Waals surface area contributed by atoms with Crippen molar-refractivity contribution in [1.29, 1.82) is 0 Å². The molecule has 0 saturated heterocycles. The molecule has 6 heteroatoms. The minimum atomic E-state index is -0.258. The predicted molar refractivity (Wildman–Crippen MR) is 92.9 cm³/mol. The smallest absolute Gasteiger partial charge is 0.258 e. The standard InChI is InChI=1S/C18H15N5O/c1-11-7-6-10-13-14-16(23(2)15(11)13)19-18(22-21-14)20-17(24)12-8-4-3-5-9-12/h3-10H,1-2H3,(H,19,20,22,24). The number of aryl methyl sites for hydroxylation is 2. The second kappa shape index (κ2) is 5.42. The molecule has 1 N–H and O–H groups in total. The Kier molecular flexibility index (Phi) is 3.23. The summed E-state index contributed by atoms with van der Waals surface area (Å²) in [5.41, 5.74) is 4.19. The summed E-state index contributed by atoms with van der Waals surface area (Å²) in [6, 6.07) is 15.0. The molecule has 2 aromatic heterocycles. The Hall–Kier alpha value is -3.28. The van der Waals surface area contributed by atoms with Crippen molar-refractivity contribution in [3.8, 4) is 0 Å². The van der Waals surface area contributed by atoms with E-state index in [-0.39, 0.29) is 11.9 Å². The number of rotatable bonds is 2. The molecule has 0 unspecified atom stereocenters. The number of anilines is 1. The van der Waals surface area contributed by atoms with E-state index in [0.29, 0.717) is 11.2 Å². The van der Waals surface area contributed by atoms with Crippen molar-refractivity contribution in [3.05, 3.63) is 59.7 Å². The van der Waals surface area contributed by atoms with Crippen molar-refractivity contribution >= 4 is 33.9 Å². The van der Waals surface area contributed by atoms with Gasteiger partial charge in [0.15, 0.2) is 5.65 Å². The molecule has 0 aliphatic carbocycles. The first-order valence-corrected chi connectivity index (χ1v) is 7.60. The molecule has 2 heterocycles. The van der Waals surface area contributed by atoms with Crippen LogP contribution in [0.4, 0.5) is 5.95 Å². The maximum atomic E-state index is 12.2. The van der Waals surface area contributed by atoms with Gasteiger partial charge < -0.3 is 4.57 Å². The van der Waals surface area contributed by atoms with Crippen molar-refractivity contribution < 1.29 is 4.79 Å². The largest absolute Gasteiger partial charge is 0.327 e. The lowest BCUT2D eigenvalue weighted by Gasteiger charge is -2.03. The molecule has 4 rings (SSSR count). The molecule has 6 nitrogen and oxygen atoms in total. The van der Waals surface area contributed by atoms with Crippen LogP contribution in [-0.2, 0) is 7.05 Å². The number of para-hydroxylation sites is 1. The highest BCUT2D eigenvalue weighted by atomic mass is 16.1. The molecular weight excluding hydrogens is 302 g/mol. The second-order valence-corrected chi connectivity index (χ2v) is 5.66. The van der Waals surface area contributed by atoms with E-state index < -0.39 is 0 Å². The van der Waals surface area contributed by atoms with Gasteiger partial charge in [0.1, 0.15) is 5.52 Å². The summed E-state index contributed by atoms with van der Waals surface area (Å²) in [6.07, 6.45) is 0. The molecule has 118 valence electrons. The van der Waals surface area contributed by atoms with Crippen LogP contribution < -0.4 is 5.32 Å². The predicted octanol–water partition coefficient (Wildman–Crippen LogP) is 3.08. The molecule has 0 aliphatic heterocycles. The number of hydrogen-bond donors (Lipinski definition) is 1. The average molecular weight is 317 g/mol. The van der Waals surface area contributed by atoms with E-state index in [1.54, 1.807) is 12.1 Å². The highest BCUT2D eigenvalue weighted by Crippen LogP contribution is 2.27. The molecule has 1 amide bonds. The van der Waals surface area contributed by atoms with E-state index in [4.69, 9.17) is 0 Å². The van der Waals surface area contributed by atoms with Crippen LogP contribution in [0.5, 0.6) is 0 Å². The van der Waals surface area contributed by atoms with Gasteiger partial charge in [-0.2, -0.15) is 4.98 Å². The molecule has 2 aromatic carbocycles. The number of fused-ring (bicyclic) bond motifs is 3. The van der Waals surface area contributed by atoms with E-state index in [1.165, 1.54) is 0 Å². The molecular formula is C18H15N5O. The zero-order valence-corrected chi connectivity index (χ0v) is 13.3. The number of carbonyl (C=O) groups is 1. The maximum absolute atomic E-state index is 12.2. The monoisotopic (exact) mass is 317 g/mol. The summed E-state index contributed by atoms with van der Waals surface area (Å²) in [4.78, 5) is 16.7. The Balaban J connectivity index is 1.79. The molecule has 4 aromatic rings. The first-order valence-electron chi connectivity index (χ1n) is 7.60. The number of amides is 1. The first-order chi connectivity index (χ1) is 11.6. The Morgan fingerprint density at radius 2 is 1.83 bits per heavy atom. The molecule has 0 aliphatic rings. The number of carbonyl (C=O) groups excluding carboxylic acids is 1. The quantitative estimate of drug-likeness (QED) is 0.616. The average Bonchev–Trinajstić information content (AvgIpc) is 2.89. The van der Waals surface area contributed by atoms with Crippen molar-refractivity contribution in [2.75, 3.05) is 5.32 Å². The van der Waals surface area contributed by atoms with Gasteiger partial charge in [-0.15, -0.1) is 10.2 Å². The zero-order chi connectivity index (χ0) is 16.7. The van der Waals surface area contributed by atoms with Crippen LogP contribution in [0.1, 0.15) is 15.9 Å². The lowest BCUT2D eigenvalue weighted by Crippen LogP contribution is -2.14. The van der Waals surface area contributed by atoms with Gasteiger partial charge in [-0.05, 0) is 24.6 Å². The number of nitrogens with zero attached hydrogens (tertiary/aromatic N) is 4. The third-order valence-electron chi connectivity index (χ3n) is 4.08. The number of aromatic nitrogens is 4. The summed E-state index contributed by atoms with van der Waals surface area (Å²) in [7, 11) is 1.94. The molecule has 24 heavy (non-hydrogen) atoms. The van der Waals surface area contributed by atoms with Crippen molar-refractivity contribution in [2.45, 2.75) is 6.92 Å². The fourth-order valence-corrected chi connectivity index (χ4v) is 2.94. The van der Waals surface area contributed by atoms with E-state index in [2.05, 4.69) is 20.5 Å². The fraction of sp³-hybridized carbons (Fsp3) is 0.111. The summed E-state index contributed by atoms with van der Waals surface area (Å²) in [5.74, 6) is -0.0633. The van der Waals surface area contributed by atoms with Crippen LogP contribution in [0.2, 0.25) is 0 Å². The summed E-state index contributed by atoms with van der Waals surface area (Å²) in [6.45, 7) is 2.05. The Morgan fingerprint density at radius 1 is 1.04 bits per heavy atom. The summed E-state index contributed by atoms with van der Waals surface area (Å²) in [5, 5.41) is 12.0. The highest BCUT2D eigenvalue weighted by Gasteiger charge is 2.15. The third kappa shape index (κ3) is 2.20. The topological polar surface area (TPSA) is 72.7 Å². The number of hydrogen-bond acceptors (Lipinski definition) is 4. The summed E-state index contributed by atoms with van der Waals surface area (Å²) < 4.78 is 1.98. The van der Waals surface area contributed by atoms with Gasteiger partial charge in [-0.25, -0.2) is 0 Å². The highest BCUT2D eigenvalue weighted by molar-refractivity contribution is 6.06.